The maximum atomic E-state index is 11.8. The predicted octanol–water partition coefficient (Wildman–Crippen LogP) is 1.51. The monoisotopic (exact) mass is 288 g/mol. The number of aromatic nitrogens is 1. The van der Waals surface area contributed by atoms with Crippen molar-refractivity contribution < 1.29 is 14.3 Å². The van der Waals surface area contributed by atoms with Crippen molar-refractivity contribution in [3.05, 3.63) is 18.3 Å². The van der Waals surface area contributed by atoms with Crippen LogP contribution in [0.4, 0.5) is 4.79 Å². The van der Waals surface area contributed by atoms with Crippen molar-refractivity contribution in [3.8, 4) is 5.75 Å². The first-order valence-corrected chi connectivity index (χ1v) is 7.34. The Morgan fingerprint density at radius 2 is 2.14 bits per heavy atom. The fourth-order valence-electron chi connectivity index (χ4n) is 2.25. The number of carbonyl (C=O) groups excluding carboxylic acids is 1. The molecule has 1 aromatic rings. The SMILES string of the molecule is [B]c1ccc(OCC2CCN(C(=O)OC(C)C)CC2)cn1. The van der Waals surface area contributed by atoms with Crippen LogP contribution in [-0.4, -0.2) is 49.6 Å². The zero-order valence-electron chi connectivity index (χ0n) is 12.6. The summed E-state index contributed by atoms with van der Waals surface area (Å²) in [6.45, 7) is 5.80. The van der Waals surface area contributed by atoms with Gasteiger partial charge in [0.2, 0.25) is 0 Å². The Bertz CT molecular complexity index is 456. The highest BCUT2D eigenvalue weighted by molar-refractivity contribution is 6.30. The number of nitrogens with zero attached hydrogens (tertiary/aromatic N) is 2. The number of piperidine rings is 1. The van der Waals surface area contributed by atoms with Crippen LogP contribution in [0.5, 0.6) is 5.75 Å². The molecule has 0 aliphatic carbocycles. The van der Waals surface area contributed by atoms with Crippen LogP contribution in [0, 0.1) is 5.92 Å². The van der Waals surface area contributed by atoms with E-state index < -0.39 is 0 Å². The summed E-state index contributed by atoms with van der Waals surface area (Å²) in [4.78, 5) is 17.5. The Hall–Kier alpha value is -1.72. The molecule has 0 aromatic carbocycles. The molecule has 0 bridgehead atoms. The van der Waals surface area contributed by atoms with Gasteiger partial charge in [0.25, 0.3) is 0 Å². The van der Waals surface area contributed by atoms with E-state index in [0.29, 0.717) is 18.1 Å². The van der Waals surface area contributed by atoms with Crippen LogP contribution in [0.1, 0.15) is 26.7 Å². The first-order chi connectivity index (χ1) is 10.0. The average Bonchev–Trinajstić information content (AvgIpc) is 2.46. The molecule has 0 unspecified atom stereocenters. The van der Waals surface area contributed by atoms with Crippen molar-refractivity contribution in [1.29, 1.82) is 0 Å². The molecule has 2 radical (unpaired) electrons. The molecule has 2 rings (SSSR count). The maximum absolute atomic E-state index is 11.8. The third-order valence-electron chi connectivity index (χ3n) is 3.45. The number of rotatable bonds is 4. The Balaban J connectivity index is 1.71. The minimum Gasteiger partial charge on any atom is -0.492 e. The minimum atomic E-state index is -0.216. The van der Waals surface area contributed by atoms with Crippen molar-refractivity contribution in [2.24, 2.45) is 5.92 Å². The highest BCUT2D eigenvalue weighted by Gasteiger charge is 2.24. The van der Waals surface area contributed by atoms with E-state index in [4.69, 9.17) is 17.3 Å². The van der Waals surface area contributed by atoms with Crippen molar-refractivity contribution in [1.82, 2.24) is 9.88 Å². The average molecular weight is 288 g/mol. The zero-order valence-corrected chi connectivity index (χ0v) is 12.6. The number of ether oxygens (including phenoxy) is 2. The van der Waals surface area contributed by atoms with Gasteiger partial charge in [-0.3, -0.25) is 4.98 Å². The summed E-state index contributed by atoms with van der Waals surface area (Å²) in [6, 6.07) is 3.54. The van der Waals surface area contributed by atoms with Crippen LogP contribution < -0.4 is 10.3 Å². The van der Waals surface area contributed by atoms with Crippen LogP contribution >= 0.6 is 0 Å². The van der Waals surface area contributed by atoms with Gasteiger partial charge >= 0.3 is 6.09 Å². The van der Waals surface area contributed by atoms with E-state index in [1.807, 2.05) is 19.9 Å². The first-order valence-electron chi connectivity index (χ1n) is 7.34. The standard InChI is InChI=1S/C15H21BN2O3/c1-11(2)21-15(19)18-7-5-12(6-8-18)10-20-13-3-4-14(16)17-9-13/h3-4,9,11-12H,5-8,10H2,1-2H3. The first kappa shape index (κ1) is 15.7. The minimum absolute atomic E-state index is 0.0726. The van der Waals surface area contributed by atoms with E-state index in [2.05, 4.69) is 4.98 Å². The molecule has 0 N–H and O–H groups in total. The van der Waals surface area contributed by atoms with E-state index in [9.17, 15) is 4.79 Å². The van der Waals surface area contributed by atoms with E-state index in [0.717, 1.165) is 31.7 Å². The molecule has 1 aliphatic heterocycles. The van der Waals surface area contributed by atoms with Gasteiger partial charge in [0.15, 0.2) is 0 Å². The second-order valence-corrected chi connectivity index (χ2v) is 5.59. The highest BCUT2D eigenvalue weighted by Crippen LogP contribution is 2.19. The van der Waals surface area contributed by atoms with Gasteiger partial charge in [0.1, 0.15) is 13.6 Å². The third kappa shape index (κ3) is 4.95. The number of carbonyl (C=O) groups is 1. The topological polar surface area (TPSA) is 51.7 Å². The van der Waals surface area contributed by atoms with Gasteiger partial charge in [-0.05, 0) is 50.3 Å². The van der Waals surface area contributed by atoms with E-state index >= 15 is 0 Å². The van der Waals surface area contributed by atoms with Crippen LogP contribution in [0.2, 0.25) is 0 Å². The lowest BCUT2D eigenvalue weighted by atomic mass is 9.98. The molecule has 1 aromatic heterocycles. The molecule has 6 heteroatoms. The van der Waals surface area contributed by atoms with Gasteiger partial charge in [-0.1, -0.05) is 0 Å². The largest absolute Gasteiger partial charge is 0.492 e. The van der Waals surface area contributed by atoms with E-state index in [-0.39, 0.29) is 12.2 Å². The molecule has 0 spiro atoms. The van der Waals surface area contributed by atoms with Gasteiger partial charge in [0, 0.05) is 13.1 Å². The lowest BCUT2D eigenvalue weighted by molar-refractivity contribution is 0.0608. The normalized spacial score (nSPS) is 16.0. The van der Waals surface area contributed by atoms with Gasteiger partial charge in [-0.15, -0.1) is 0 Å². The van der Waals surface area contributed by atoms with Gasteiger partial charge < -0.3 is 14.4 Å². The van der Waals surface area contributed by atoms with Crippen LogP contribution in [0.3, 0.4) is 0 Å². The van der Waals surface area contributed by atoms with Gasteiger partial charge in [-0.2, -0.15) is 0 Å². The molecule has 1 saturated heterocycles. The fourth-order valence-corrected chi connectivity index (χ4v) is 2.25. The molecule has 1 aliphatic rings. The van der Waals surface area contributed by atoms with Crippen molar-refractivity contribution in [2.45, 2.75) is 32.8 Å². The maximum Gasteiger partial charge on any atom is 0.410 e. The summed E-state index contributed by atoms with van der Waals surface area (Å²) in [5, 5.41) is 0. The van der Waals surface area contributed by atoms with Crippen LogP contribution in [-0.2, 0) is 4.74 Å². The second kappa shape index (κ2) is 7.34. The zero-order chi connectivity index (χ0) is 15.2. The number of amides is 1. The Kier molecular flexibility index (Phi) is 5.48. The van der Waals surface area contributed by atoms with Crippen molar-refractivity contribution in [2.75, 3.05) is 19.7 Å². The molecular weight excluding hydrogens is 267 g/mol. The molecule has 1 fully saturated rings. The predicted molar refractivity (Wildman–Crippen MR) is 81.0 cm³/mol. The van der Waals surface area contributed by atoms with E-state index in [1.165, 1.54) is 0 Å². The molecule has 2 heterocycles. The van der Waals surface area contributed by atoms with Gasteiger partial charge in [-0.25, -0.2) is 4.79 Å². The molecule has 21 heavy (non-hydrogen) atoms. The smallest absolute Gasteiger partial charge is 0.410 e. The Morgan fingerprint density at radius 1 is 1.43 bits per heavy atom. The number of hydrogen-bond donors (Lipinski definition) is 0. The fraction of sp³-hybridized carbons (Fsp3) is 0.600. The summed E-state index contributed by atoms with van der Waals surface area (Å²) < 4.78 is 10.9. The van der Waals surface area contributed by atoms with E-state index in [1.54, 1.807) is 17.2 Å². The molecule has 5 nitrogen and oxygen atoms in total. The Labute approximate surface area is 127 Å². The second-order valence-electron chi connectivity index (χ2n) is 5.59. The molecule has 112 valence electrons. The molecular formula is C15H21BN2O3. The quantitative estimate of drug-likeness (QED) is 0.788. The number of likely N-dealkylation sites (tertiary alicyclic amines) is 1. The Morgan fingerprint density at radius 3 is 2.71 bits per heavy atom. The summed E-state index contributed by atoms with van der Waals surface area (Å²) >= 11 is 0. The summed E-state index contributed by atoms with van der Waals surface area (Å²) in [5.41, 5.74) is 0.485. The van der Waals surface area contributed by atoms with Crippen LogP contribution in [0.25, 0.3) is 0 Å². The number of hydrogen-bond acceptors (Lipinski definition) is 4. The third-order valence-corrected chi connectivity index (χ3v) is 3.45. The number of pyridine rings is 1. The molecule has 1 amide bonds. The summed E-state index contributed by atoms with van der Waals surface area (Å²) in [6.07, 6.45) is 3.19. The molecule has 0 atom stereocenters. The lowest BCUT2D eigenvalue weighted by Crippen LogP contribution is -2.40. The van der Waals surface area contributed by atoms with Gasteiger partial charge in [0.05, 0.1) is 18.9 Å². The van der Waals surface area contributed by atoms with Crippen molar-refractivity contribution in [3.63, 3.8) is 0 Å². The molecule has 0 saturated carbocycles. The highest BCUT2D eigenvalue weighted by atomic mass is 16.6. The summed E-state index contributed by atoms with van der Waals surface area (Å²) in [5.74, 6) is 1.18. The summed E-state index contributed by atoms with van der Waals surface area (Å²) in [7, 11) is 5.53. The van der Waals surface area contributed by atoms with Crippen molar-refractivity contribution >= 4 is 19.5 Å². The van der Waals surface area contributed by atoms with Crippen LogP contribution in [0.15, 0.2) is 18.3 Å². The lowest BCUT2D eigenvalue weighted by Gasteiger charge is -2.31.